The Balaban J connectivity index is 2.86. The van der Waals surface area contributed by atoms with Gasteiger partial charge >= 0.3 is 11.9 Å². The molecule has 12 heavy (non-hydrogen) atoms. The molecule has 1 rings (SSSR count). The van der Waals surface area contributed by atoms with Gasteiger partial charge in [0.1, 0.15) is 0 Å². The van der Waals surface area contributed by atoms with Crippen LogP contribution in [0.15, 0.2) is 11.6 Å². The van der Waals surface area contributed by atoms with Crippen molar-refractivity contribution in [3.8, 4) is 0 Å². The van der Waals surface area contributed by atoms with E-state index in [4.69, 9.17) is 19.3 Å². The highest BCUT2D eigenvalue weighted by Crippen LogP contribution is 2.25. The van der Waals surface area contributed by atoms with Gasteiger partial charge in [0, 0.05) is 20.3 Å². The van der Waals surface area contributed by atoms with Crippen LogP contribution < -0.4 is 0 Å². The first-order chi connectivity index (χ1) is 5.67. The number of cyclic esters (lactones) is 1. The van der Waals surface area contributed by atoms with Crippen LogP contribution in [0.3, 0.4) is 0 Å². The molecule has 0 fully saturated rings. The van der Waals surface area contributed by atoms with Crippen molar-refractivity contribution in [2.75, 3.05) is 20.8 Å². The third-order valence-corrected chi connectivity index (χ3v) is 1.59. The van der Waals surface area contributed by atoms with Crippen LogP contribution in [0.4, 0.5) is 0 Å². The highest BCUT2D eigenvalue weighted by atomic mass is 16.9. The van der Waals surface area contributed by atoms with Gasteiger partial charge in [-0.15, -0.1) is 0 Å². The van der Waals surface area contributed by atoms with Crippen molar-refractivity contribution in [3.63, 3.8) is 0 Å². The largest absolute Gasteiger partial charge is 0.401 e. The van der Waals surface area contributed by atoms with E-state index >= 15 is 0 Å². The van der Waals surface area contributed by atoms with Crippen molar-refractivity contribution < 1.29 is 24.1 Å². The van der Waals surface area contributed by atoms with Crippen LogP contribution in [0, 0.1) is 0 Å². The van der Waals surface area contributed by atoms with Crippen molar-refractivity contribution in [1.82, 2.24) is 0 Å². The summed E-state index contributed by atoms with van der Waals surface area (Å²) in [7, 11) is 2.68. The van der Waals surface area contributed by atoms with Crippen LogP contribution in [0.25, 0.3) is 0 Å². The molecule has 0 aliphatic carbocycles. The maximum Gasteiger partial charge on any atom is 0.351 e. The Hall–Kier alpha value is -0.910. The van der Waals surface area contributed by atoms with Crippen LogP contribution in [0.5, 0.6) is 0 Å². The molecule has 1 aliphatic heterocycles. The van der Waals surface area contributed by atoms with E-state index in [0.717, 1.165) is 0 Å². The number of aliphatic hydroxyl groups is 1. The van der Waals surface area contributed by atoms with Gasteiger partial charge in [0.05, 0.1) is 12.2 Å². The predicted molar refractivity (Wildman–Crippen MR) is 38.0 cm³/mol. The Kier molecular flexibility index (Phi) is 2.46. The molecule has 0 radical (unpaired) electrons. The van der Waals surface area contributed by atoms with Crippen LogP contribution in [0.1, 0.15) is 0 Å². The number of aliphatic hydroxyl groups excluding tert-OH is 1. The van der Waals surface area contributed by atoms with Gasteiger partial charge in [0.2, 0.25) is 0 Å². The second kappa shape index (κ2) is 3.22. The number of methoxy groups -OCH3 is 2. The smallest absolute Gasteiger partial charge is 0.351 e. The van der Waals surface area contributed by atoms with E-state index in [-0.39, 0.29) is 12.2 Å². The summed E-state index contributed by atoms with van der Waals surface area (Å²) in [5.41, 5.74) is 0.138. The maximum atomic E-state index is 10.9. The molecule has 0 spiro atoms. The number of carbonyl (C=O) groups is 1. The first-order valence-corrected chi connectivity index (χ1v) is 3.33. The van der Waals surface area contributed by atoms with Crippen molar-refractivity contribution in [2.45, 2.75) is 5.97 Å². The van der Waals surface area contributed by atoms with E-state index in [1.54, 1.807) is 0 Å². The van der Waals surface area contributed by atoms with Gasteiger partial charge < -0.3 is 19.3 Å². The number of ether oxygens (including phenoxy) is 3. The SMILES string of the molecule is COC1(OC)C=C(CO)C(=O)O1. The second-order valence-electron chi connectivity index (χ2n) is 2.23. The molecule has 0 saturated heterocycles. The first-order valence-electron chi connectivity index (χ1n) is 3.33. The standard InChI is InChI=1S/C7H10O5/c1-10-7(11-2)3-5(4-8)6(9)12-7/h3,8H,4H2,1-2H3. The van der Waals surface area contributed by atoms with Crippen LogP contribution >= 0.6 is 0 Å². The Morgan fingerprint density at radius 2 is 2.17 bits per heavy atom. The summed E-state index contributed by atoms with van der Waals surface area (Å²) in [6.45, 7) is -0.382. The lowest BCUT2D eigenvalue weighted by atomic mass is 10.3. The van der Waals surface area contributed by atoms with Crippen LogP contribution in [0.2, 0.25) is 0 Å². The molecule has 0 amide bonds. The summed E-state index contributed by atoms with van der Waals surface area (Å²) < 4.78 is 14.3. The molecule has 1 heterocycles. The van der Waals surface area contributed by atoms with Crippen molar-refractivity contribution >= 4 is 5.97 Å². The molecule has 5 heteroatoms. The second-order valence-corrected chi connectivity index (χ2v) is 2.23. The first kappa shape index (κ1) is 9.18. The van der Waals surface area contributed by atoms with E-state index in [9.17, 15) is 4.79 Å². The van der Waals surface area contributed by atoms with Gasteiger partial charge in [0.25, 0.3) is 0 Å². The third kappa shape index (κ3) is 1.34. The van der Waals surface area contributed by atoms with Gasteiger partial charge in [-0.2, -0.15) is 0 Å². The molecule has 0 aromatic heterocycles. The van der Waals surface area contributed by atoms with E-state index < -0.39 is 11.9 Å². The molecule has 5 nitrogen and oxygen atoms in total. The number of rotatable bonds is 3. The topological polar surface area (TPSA) is 65.0 Å². The van der Waals surface area contributed by atoms with E-state index in [2.05, 4.69) is 0 Å². The zero-order chi connectivity index (χ0) is 9.19. The summed E-state index contributed by atoms with van der Waals surface area (Å²) in [5.74, 6) is -2.07. The molecule has 1 aliphatic rings. The fourth-order valence-electron chi connectivity index (χ4n) is 0.891. The molecule has 0 saturated carbocycles. The lowest BCUT2D eigenvalue weighted by molar-refractivity contribution is -0.304. The average molecular weight is 174 g/mol. The van der Waals surface area contributed by atoms with Crippen LogP contribution in [-0.4, -0.2) is 37.9 Å². The molecule has 0 aromatic rings. The normalized spacial score (nSPS) is 20.6. The molecule has 0 unspecified atom stereocenters. The Morgan fingerprint density at radius 3 is 2.42 bits per heavy atom. The molecule has 0 bridgehead atoms. The van der Waals surface area contributed by atoms with Crippen molar-refractivity contribution in [3.05, 3.63) is 11.6 Å². The van der Waals surface area contributed by atoms with Crippen molar-refractivity contribution in [2.24, 2.45) is 0 Å². The maximum absolute atomic E-state index is 10.9. The van der Waals surface area contributed by atoms with Gasteiger partial charge in [-0.3, -0.25) is 0 Å². The minimum Gasteiger partial charge on any atom is -0.401 e. The monoisotopic (exact) mass is 174 g/mol. The summed E-state index contributed by atoms with van der Waals surface area (Å²) in [6.07, 6.45) is 1.30. The fourth-order valence-corrected chi connectivity index (χ4v) is 0.891. The quantitative estimate of drug-likeness (QED) is 0.457. The minimum atomic E-state index is -1.45. The average Bonchev–Trinajstić information content (AvgIpc) is 2.43. The van der Waals surface area contributed by atoms with Gasteiger partial charge in [0.15, 0.2) is 0 Å². The van der Waals surface area contributed by atoms with Crippen LogP contribution in [-0.2, 0) is 19.0 Å². The van der Waals surface area contributed by atoms with Gasteiger partial charge in [-0.1, -0.05) is 0 Å². The number of carbonyl (C=O) groups excluding carboxylic acids is 1. The summed E-state index contributed by atoms with van der Waals surface area (Å²) >= 11 is 0. The lowest BCUT2D eigenvalue weighted by Gasteiger charge is -2.21. The predicted octanol–water partition coefficient (Wildman–Crippen LogP) is -0.592. The molecule has 0 atom stereocenters. The molecule has 68 valence electrons. The Bertz CT molecular complexity index is 216. The summed E-state index contributed by atoms with van der Waals surface area (Å²) in [5, 5.41) is 8.68. The molecular formula is C7H10O5. The Morgan fingerprint density at radius 1 is 1.58 bits per heavy atom. The molecule has 1 N–H and O–H groups in total. The third-order valence-electron chi connectivity index (χ3n) is 1.59. The minimum absolute atomic E-state index is 0.138. The molecule has 0 aromatic carbocycles. The Labute approximate surface area is 69.5 Å². The van der Waals surface area contributed by atoms with E-state index in [1.165, 1.54) is 20.3 Å². The number of esters is 1. The van der Waals surface area contributed by atoms with E-state index in [1.807, 2.05) is 0 Å². The zero-order valence-electron chi connectivity index (χ0n) is 6.86. The fraction of sp³-hybridized carbons (Fsp3) is 0.571. The number of hydrogen-bond donors (Lipinski definition) is 1. The van der Waals surface area contributed by atoms with Crippen molar-refractivity contribution in [1.29, 1.82) is 0 Å². The molecular weight excluding hydrogens is 164 g/mol. The lowest BCUT2D eigenvalue weighted by Crippen LogP contribution is -2.32. The summed E-state index contributed by atoms with van der Waals surface area (Å²) in [4.78, 5) is 10.9. The van der Waals surface area contributed by atoms with E-state index in [0.29, 0.717) is 0 Å². The highest BCUT2D eigenvalue weighted by Gasteiger charge is 2.40. The van der Waals surface area contributed by atoms with Gasteiger partial charge in [-0.05, 0) is 0 Å². The summed E-state index contributed by atoms with van der Waals surface area (Å²) in [6, 6.07) is 0. The zero-order valence-corrected chi connectivity index (χ0v) is 6.86. The number of hydrogen-bond acceptors (Lipinski definition) is 5. The van der Waals surface area contributed by atoms with Gasteiger partial charge in [-0.25, -0.2) is 4.79 Å². The highest BCUT2D eigenvalue weighted by molar-refractivity contribution is 5.91.